The monoisotopic (exact) mass is 344 g/mol. The standard InChI is InChI=1S/C18H20N2O5/c1-4-25-14-5-6-17(21)13(9-14)11-19-20-18(22)12-7-15(23-2)10-16(8-12)24-3/h5-11,21H,4H2,1-3H3,(H,20,22)/b19-11-. The SMILES string of the molecule is CCOc1ccc(O)c(/C=N\NC(=O)c2cc(OC)cc(OC)c2)c1. The minimum atomic E-state index is -0.436. The van der Waals surface area contributed by atoms with Gasteiger partial charge in [-0.3, -0.25) is 4.79 Å². The van der Waals surface area contributed by atoms with Gasteiger partial charge in [-0.2, -0.15) is 5.10 Å². The molecular weight excluding hydrogens is 324 g/mol. The number of nitrogens with one attached hydrogen (secondary N) is 1. The predicted molar refractivity (Wildman–Crippen MR) is 93.9 cm³/mol. The fourth-order valence-corrected chi connectivity index (χ4v) is 2.06. The highest BCUT2D eigenvalue weighted by Crippen LogP contribution is 2.23. The molecule has 0 aliphatic rings. The van der Waals surface area contributed by atoms with Crippen LogP contribution >= 0.6 is 0 Å². The van der Waals surface area contributed by atoms with Crippen molar-refractivity contribution in [1.29, 1.82) is 0 Å². The van der Waals surface area contributed by atoms with E-state index in [0.717, 1.165) is 0 Å². The Morgan fingerprint density at radius 1 is 1.12 bits per heavy atom. The van der Waals surface area contributed by atoms with Crippen LogP contribution in [0.5, 0.6) is 23.0 Å². The molecule has 2 N–H and O–H groups in total. The Balaban J connectivity index is 2.12. The van der Waals surface area contributed by atoms with Crippen molar-refractivity contribution in [2.45, 2.75) is 6.92 Å². The Labute approximate surface area is 145 Å². The van der Waals surface area contributed by atoms with Crippen molar-refractivity contribution in [1.82, 2.24) is 5.43 Å². The predicted octanol–water partition coefficient (Wildman–Crippen LogP) is 2.57. The fourth-order valence-electron chi connectivity index (χ4n) is 2.06. The van der Waals surface area contributed by atoms with Crippen LogP contribution in [0.3, 0.4) is 0 Å². The number of hydrazone groups is 1. The zero-order valence-electron chi connectivity index (χ0n) is 14.3. The fraction of sp³-hybridized carbons (Fsp3) is 0.222. The van der Waals surface area contributed by atoms with E-state index in [9.17, 15) is 9.90 Å². The molecular formula is C18H20N2O5. The second-order valence-corrected chi connectivity index (χ2v) is 4.95. The Kier molecular flexibility index (Phi) is 6.22. The summed E-state index contributed by atoms with van der Waals surface area (Å²) in [5, 5.41) is 13.7. The first-order valence-corrected chi connectivity index (χ1v) is 7.59. The van der Waals surface area contributed by atoms with E-state index in [1.54, 1.807) is 30.3 Å². The third kappa shape index (κ3) is 4.87. The van der Waals surface area contributed by atoms with E-state index in [1.807, 2.05) is 6.92 Å². The van der Waals surface area contributed by atoms with Crippen LogP contribution in [0.15, 0.2) is 41.5 Å². The van der Waals surface area contributed by atoms with Crippen molar-refractivity contribution in [3.63, 3.8) is 0 Å². The summed E-state index contributed by atoms with van der Waals surface area (Å²) in [5.41, 5.74) is 3.16. The normalized spacial score (nSPS) is 10.5. The molecule has 0 radical (unpaired) electrons. The van der Waals surface area contributed by atoms with Gasteiger partial charge in [0.05, 0.1) is 27.0 Å². The topological polar surface area (TPSA) is 89.4 Å². The molecule has 25 heavy (non-hydrogen) atoms. The lowest BCUT2D eigenvalue weighted by atomic mass is 10.2. The molecule has 0 aliphatic carbocycles. The maximum Gasteiger partial charge on any atom is 0.271 e. The van der Waals surface area contributed by atoms with Gasteiger partial charge in [-0.05, 0) is 37.3 Å². The van der Waals surface area contributed by atoms with Crippen LogP contribution < -0.4 is 19.6 Å². The van der Waals surface area contributed by atoms with Gasteiger partial charge < -0.3 is 19.3 Å². The minimum absolute atomic E-state index is 0.0319. The molecule has 0 aliphatic heterocycles. The van der Waals surface area contributed by atoms with Crippen LogP contribution in [-0.4, -0.2) is 38.1 Å². The molecule has 1 amide bonds. The molecule has 2 rings (SSSR count). The Morgan fingerprint density at radius 3 is 2.40 bits per heavy atom. The van der Waals surface area contributed by atoms with Crippen LogP contribution in [0.4, 0.5) is 0 Å². The smallest absolute Gasteiger partial charge is 0.271 e. The quantitative estimate of drug-likeness (QED) is 0.595. The first kappa shape index (κ1) is 18.1. The highest BCUT2D eigenvalue weighted by Gasteiger charge is 2.09. The Hall–Kier alpha value is -3.22. The molecule has 7 nitrogen and oxygen atoms in total. The van der Waals surface area contributed by atoms with Gasteiger partial charge in [0.25, 0.3) is 5.91 Å². The van der Waals surface area contributed by atoms with Crippen molar-refractivity contribution in [2.24, 2.45) is 5.10 Å². The van der Waals surface area contributed by atoms with Crippen molar-refractivity contribution in [2.75, 3.05) is 20.8 Å². The van der Waals surface area contributed by atoms with Gasteiger partial charge in [0.15, 0.2) is 0 Å². The van der Waals surface area contributed by atoms with E-state index in [2.05, 4.69) is 10.5 Å². The molecule has 132 valence electrons. The number of methoxy groups -OCH3 is 2. The summed E-state index contributed by atoms with van der Waals surface area (Å²) in [6.07, 6.45) is 1.34. The van der Waals surface area contributed by atoms with Crippen molar-refractivity contribution in [3.8, 4) is 23.0 Å². The number of carbonyl (C=O) groups is 1. The summed E-state index contributed by atoms with van der Waals surface area (Å²) in [7, 11) is 3.01. The number of phenolic OH excluding ortho intramolecular Hbond substituents is 1. The van der Waals surface area contributed by atoms with Crippen molar-refractivity contribution in [3.05, 3.63) is 47.5 Å². The molecule has 2 aromatic rings. The molecule has 7 heteroatoms. The van der Waals surface area contributed by atoms with Crippen LogP contribution in [0.2, 0.25) is 0 Å². The van der Waals surface area contributed by atoms with E-state index in [4.69, 9.17) is 14.2 Å². The molecule has 0 saturated carbocycles. The van der Waals surface area contributed by atoms with E-state index < -0.39 is 5.91 Å². The summed E-state index contributed by atoms with van der Waals surface area (Å²) >= 11 is 0. The highest BCUT2D eigenvalue weighted by atomic mass is 16.5. The number of rotatable bonds is 7. The lowest BCUT2D eigenvalue weighted by Crippen LogP contribution is -2.17. The number of carbonyl (C=O) groups excluding carboxylic acids is 1. The first-order chi connectivity index (χ1) is 12.1. The number of ether oxygens (including phenoxy) is 3. The van der Waals surface area contributed by atoms with E-state index in [1.165, 1.54) is 26.5 Å². The molecule has 0 spiro atoms. The number of hydrogen-bond acceptors (Lipinski definition) is 6. The maximum atomic E-state index is 12.2. The number of benzene rings is 2. The number of amides is 1. The Morgan fingerprint density at radius 2 is 1.80 bits per heavy atom. The third-order valence-electron chi connectivity index (χ3n) is 3.29. The number of phenols is 1. The van der Waals surface area contributed by atoms with Gasteiger partial charge in [0.2, 0.25) is 0 Å². The van der Waals surface area contributed by atoms with Crippen molar-refractivity contribution < 1.29 is 24.1 Å². The van der Waals surface area contributed by atoms with Crippen LogP contribution in [0.25, 0.3) is 0 Å². The minimum Gasteiger partial charge on any atom is -0.507 e. The zero-order valence-corrected chi connectivity index (χ0v) is 14.3. The zero-order chi connectivity index (χ0) is 18.2. The van der Waals surface area contributed by atoms with Gasteiger partial charge in [-0.15, -0.1) is 0 Å². The van der Waals surface area contributed by atoms with Gasteiger partial charge in [-0.1, -0.05) is 0 Å². The lowest BCUT2D eigenvalue weighted by molar-refractivity contribution is 0.0954. The van der Waals surface area contributed by atoms with Gasteiger partial charge >= 0.3 is 0 Å². The third-order valence-corrected chi connectivity index (χ3v) is 3.29. The van der Waals surface area contributed by atoms with Crippen LogP contribution in [0, 0.1) is 0 Å². The highest BCUT2D eigenvalue weighted by molar-refractivity contribution is 5.96. The molecule has 0 unspecified atom stereocenters. The first-order valence-electron chi connectivity index (χ1n) is 7.59. The van der Waals surface area contributed by atoms with Crippen LogP contribution in [-0.2, 0) is 0 Å². The van der Waals surface area contributed by atoms with Gasteiger partial charge in [0.1, 0.15) is 23.0 Å². The molecule has 0 aromatic heterocycles. The number of aromatic hydroxyl groups is 1. The largest absolute Gasteiger partial charge is 0.507 e. The molecule has 0 heterocycles. The second kappa shape index (κ2) is 8.58. The molecule has 0 atom stereocenters. The van der Waals surface area contributed by atoms with Gasteiger partial charge in [-0.25, -0.2) is 5.43 Å². The molecule has 0 saturated heterocycles. The Bertz CT molecular complexity index is 752. The van der Waals surface area contributed by atoms with E-state index in [-0.39, 0.29) is 5.75 Å². The average Bonchev–Trinajstić information content (AvgIpc) is 2.63. The number of nitrogens with zero attached hydrogens (tertiary/aromatic N) is 1. The summed E-state index contributed by atoms with van der Waals surface area (Å²) in [5.74, 6) is 1.19. The second-order valence-electron chi connectivity index (χ2n) is 4.95. The summed E-state index contributed by atoms with van der Waals surface area (Å²) in [4.78, 5) is 12.2. The summed E-state index contributed by atoms with van der Waals surface area (Å²) in [6, 6.07) is 9.58. The van der Waals surface area contributed by atoms with Crippen molar-refractivity contribution >= 4 is 12.1 Å². The summed E-state index contributed by atoms with van der Waals surface area (Å²) in [6.45, 7) is 2.37. The van der Waals surface area contributed by atoms with E-state index in [0.29, 0.717) is 35.0 Å². The van der Waals surface area contributed by atoms with Crippen LogP contribution in [0.1, 0.15) is 22.8 Å². The molecule has 2 aromatic carbocycles. The van der Waals surface area contributed by atoms with Gasteiger partial charge in [0, 0.05) is 17.2 Å². The molecule has 0 fully saturated rings. The van der Waals surface area contributed by atoms with E-state index >= 15 is 0 Å². The average molecular weight is 344 g/mol. The number of hydrogen-bond donors (Lipinski definition) is 2. The lowest BCUT2D eigenvalue weighted by Gasteiger charge is -2.07. The summed E-state index contributed by atoms with van der Waals surface area (Å²) < 4.78 is 15.6. The molecule has 0 bridgehead atoms. The maximum absolute atomic E-state index is 12.2.